The molecule has 3 heteroatoms. The fraction of sp³-hybridized carbons (Fsp3) is 0.231. The zero-order chi connectivity index (χ0) is 11.4. The fourth-order valence-corrected chi connectivity index (χ4v) is 2.28. The first-order chi connectivity index (χ1) is 7.81. The van der Waals surface area contributed by atoms with Crippen molar-refractivity contribution in [2.24, 2.45) is 0 Å². The first-order valence-corrected chi connectivity index (χ1v) is 6.17. The molecular weight excluding hydrogens is 218 g/mol. The maximum Gasteiger partial charge on any atom is 0.168 e. The Morgan fingerprint density at radius 2 is 2.19 bits per heavy atom. The van der Waals surface area contributed by atoms with Crippen molar-refractivity contribution in [3.05, 3.63) is 52.0 Å². The first kappa shape index (κ1) is 11.0. The molecule has 0 aliphatic heterocycles. The number of nitrogens with zero attached hydrogens (tertiary/aromatic N) is 1. The number of aryl methyl sites for hydroxylation is 1. The van der Waals surface area contributed by atoms with Gasteiger partial charge in [0.2, 0.25) is 0 Å². The van der Waals surface area contributed by atoms with E-state index >= 15 is 0 Å². The molecule has 0 atom stereocenters. The van der Waals surface area contributed by atoms with Crippen LogP contribution >= 0.6 is 11.3 Å². The fourth-order valence-electron chi connectivity index (χ4n) is 1.68. The summed E-state index contributed by atoms with van der Waals surface area (Å²) in [5.41, 5.74) is 3.73. The van der Waals surface area contributed by atoms with Crippen molar-refractivity contribution in [3.8, 4) is 0 Å². The van der Waals surface area contributed by atoms with Gasteiger partial charge in [-0.1, -0.05) is 31.2 Å². The van der Waals surface area contributed by atoms with Crippen LogP contribution in [0.1, 0.15) is 27.7 Å². The van der Waals surface area contributed by atoms with Crippen molar-refractivity contribution < 1.29 is 4.79 Å². The quantitative estimate of drug-likeness (QED) is 0.757. The van der Waals surface area contributed by atoms with Gasteiger partial charge in [-0.15, -0.1) is 11.3 Å². The summed E-state index contributed by atoms with van der Waals surface area (Å²) in [7, 11) is 0. The lowest BCUT2D eigenvalue weighted by Gasteiger charge is -2.05. The van der Waals surface area contributed by atoms with E-state index in [4.69, 9.17) is 0 Å². The molecule has 1 aromatic heterocycles. The molecule has 2 nitrogen and oxygen atoms in total. The van der Waals surface area contributed by atoms with Gasteiger partial charge in [0.05, 0.1) is 5.51 Å². The number of hydrogen-bond acceptors (Lipinski definition) is 3. The second-order valence-electron chi connectivity index (χ2n) is 3.58. The summed E-state index contributed by atoms with van der Waals surface area (Å²) in [4.78, 5) is 17.1. The highest BCUT2D eigenvalue weighted by atomic mass is 32.1. The van der Waals surface area contributed by atoms with Crippen LogP contribution in [0.4, 0.5) is 0 Å². The monoisotopic (exact) mass is 231 g/mol. The number of rotatable bonds is 4. The summed E-state index contributed by atoms with van der Waals surface area (Å²) in [6.07, 6.45) is 3.11. The second-order valence-corrected chi connectivity index (χ2v) is 4.55. The van der Waals surface area contributed by atoms with E-state index in [2.05, 4.69) is 11.9 Å². The largest absolute Gasteiger partial charge is 0.294 e. The predicted octanol–water partition coefficient (Wildman–Crippen LogP) is 3.13. The Bertz CT molecular complexity index is 476. The van der Waals surface area contributed by atoms with Crippen molar-refractivity contribution >= 4 is 17.1 Å². The van der Waals surface area contributed by atoms with Crippen LogP contribution in [-0.4, -0.2) is 10.8 Å². The van der Waals surface area contributed by atoms with E-state index in [0.717, 1.165) is 22.4 Å². The number of benzene rings is 1. The highest BCUT2D eigenvalue weighted by Gasteiger charge is 2.11. The Morgan fingerprint density at radius 3 is 2.88 bits per heavy atom. The van der Waals surface area contributed by atoms with Gasteiger partial charge >= 0.3 is 0 Å². The number of carbonyl (C=O) groups excluding carboxylic acids is 1. The maximum absolute atomic E-state index is 12.1. The number of carbonyl (C=O) groups is 1. The molecule has 0 fully saturated rings. The average Bonchev–Trinajstić information content (AvgIpc) is 2.81. The van der Waals surface area contributed by atoms with Gasteiger partial charge in [0.1, 0.15) is 0 Å². The smallest absolute Gasteiger partial charge is 0.168 e. The zero-order valence-electron chi connectivity index (χ0n) is 9.14. The van der Waals surface area contributed by atoms with E-state index < -0.39 is 0 Å². The average molecular weight is 231 g/mol. The summed E-state index contributed by atoms with van der Waals surface area (Å²) in [6.45, 7) is 2.07. The first-order valence-electron chi connectivity index (χ1n) is 5.29. The maximum atomic E-state index is 12.1. The SMILES string of the molecule is CCc1ccccc1C(=O)Cc1cncs1. The predicted molar refractivity (Wildman–Crippen MR) is 66.0 cm³/mol. The van der Waals surface area contributed by atoms with E-state index in [1.54, 1.807) is 11.7 Å². The van der Waals surface area contributed by atoms with E-state index in [-0.39, 0.29) is 5.78 Å². The summed E-state index contributed by atoms with van der Waals surface area (Å²) in [5.74, 6) is 0.182. The minimum atomic E-state index is 0.182. The summed E-state index contributed by atoms with van der Waals surface area (Å²) >= 11 is 1.53. The number of Topliss-reactive ketones (excluding diaryl/α,β-unsaturated/α-hetero) is 1. The Kier molecular flexibility index (Phi) is 3.47. The molecule has 16 heavy (non-hydrogen) atoms. The van der Waals surface area contributed by atoms with E-state index in [9.17, 15) is 4.79 Å². The minimum Gasteiger partial charge on any atom is -0.294 e. The van der Waals surface area contributed by atoms with Crippen molar-refractivity contribution in [1.29, 1.82) is 0 Å². The molecule has 2 rings (SSSR count). The summed E-state index contributed by atoms with van der Waals surface area (Å²) in [6, 6.07) is 7.81. The zero-order valence-corrected chi connectivity index (χ0v) is 9.96. The van der Waals surface area contributed by atoms with E-state index in [1.165, 1.54) is 11.3 Å². The molecule has 1 heterocycles. The molecule has 0 unspecified atom stereocenters. The van der Waals surface area contributed by atoms with Crippen molar-refractivity contribution in [2.45, 2.75) is 19.8 Å². The minimum absolute atomic E-state index is 0.182. The van der Waals surface area contributed by atoms with Crippen LogP contribution in [-0.2, 0) is 12.8 Å². The molecule has 2 aromatic rings. The van der Waals surface area contributed by atoms with Gasteiger partial charge in [-0.05, 0) is 12.0 Å². The standard InChI is InChI=1S/C13H13NOS/c1-2-10-5-3-4-6-12(10)13(15)7-11-8-14-9-16-11/h3-6,8-9H,2,7H2,1H3. The van der Waals surface area contributed by atoms with Crippen LogP contribution in [0.25, 0.3) is 0 Å². The molecule has 1 aromatic carbocycles. The topological polar surface area (TPSA) is 30.0 Å². The lowest BCUT2D eigenvalue weighted by Crippen LogP contribution is -2.05. The van der Waals surface area contributed by atoms with Crippen LogP contribution in [0, 0.1) is 0 Å². The Balaban J connectivity index is 2.21. The molecule has 0 radical (unpaired) electrons. The molecule has 0 aliphatic carbocycles. The molecule has 0 spiro atoms. The van der Waals surface area contributed by atoms with Crippen molar-refractivity contribution in [2.75, 3.05) is 0 Å². The second kappa shape index (κ2) is 5.03. The molecular formula is C13H13NOS. The van der Waals surface area contributed by atoms with Crippen molar-refractivity contribution in [1.82, 2.24) is 4.98 Å². The third kappa shape index (κ3) is 2.36. The van der Waals surface area contributed by atoms with Gasteiger partial charge in [-0.25, -0.2) is 0 Å². The highest BCUT2D eigenvalue weighted by molar-refractivity contribution is 7.09. The molecule has 0 N–H and O–H groups in total. The lowest BCUT2D eigenvalue weighted by atomic mass is 10.00. The van der Waals surface area contributed by atoms with Gasteiger partial charge in [0, 0.05) is 23.1 Å². The lowest BCUT2D eigenvalue weighted by molar-refractivity contribution is 0.0993. The molecule has 0 aliphatic rings. The molecule has 0 saturated heterocycles. The molecule has 0 saturated carbocycles. The number of hydrogen-bond donors (Lipinski definition) is 0. The number of ketones is 1. The highest BCUT2D eigenvalue weighted by Crippen LogP contribution is 2.15. The molecule has 0 bridgehead atoms. The van der Waals surface area contributed by atoms with Crippen LogP contribution in [0.2, 0.25) is 0 Å². The summed E-state index contributed by atoms with van der Waals surface area (Å²) in [5, 5.41) is 0. The molecule has 0 amide bonds. The van der Waals surface area contributed by atoms with Crippen LogP contribution in [0.5, 0.6) is 0 Å². The Morgan fingerprint density at radius 1 is 1.38 bits per heavy atom. The van der Waals surface area contributed by atoms with Crippen LogP contribution in [0.15, 0.2) is 36.0 Å². The van der Waals surface area contributed by atoms with Gasteiger partial charge in [-0.3, -0.25) is 9.78 Å². The Hall–Kier alpha value is -1.48. The van der Waals surface area contributed by atoms with Crippen molar-refractivity contribution in [3.63, 3.8) is 0 Å². The Labute approximate surface area is 99.0 Å². The van der Waals surface area contributed by atoms with Gasteiger partial charge in [0.25, 0.3) is 0 Å². The van der Waals surface area contributed by atoms with Gasteiger partial charge in [0.15, 0.2) is 5.78 Å². The summed E-state index contributed by atoms with van der Waals surface area (Å²) < 4.78 is 0. The van der Waals surface area contributed by atoms with Gasteiger partial charge in [-0.2, -0.15) is 0 Å². The van der Waals surface area contributed by atoms with Crippen LogP contribution < -0.4 is 0 Å². The van der Waals surface area contributed by atoms with Crippen LogP contribution in [0.3, 0.4) is 0 Å². The third-order valence-electron chi connectivity index (χ3n) is 2.52. The number of aromatic nitrogens is 1. The van der Waals surface area contributed by atoms with Gasteiger partial charge < -0.3 is 0 Å². The van der Waals surface area contributed by atoms with E-state index in [0.29, 0.717) is 6.42 Å². The third-order valence-corrected chi connectivity index (χ3v) is 3.30. The molecule has 82 valence electrons. The number of thiazole rings is 1. The van der Waals surface area contributed by atoms with E-state index in [1.807, 2.05) is 24.3 Å². The normalized spacial score (nSPS) is 10.3.